The van der Waals surface area contributed by atoms with E-state index in [0.717, 1.165) is 11.3 Å². The highest BCUT2D eigenvalue weighted by atomic mass is 32.2. The minimum atomic E-state index is -3.52. The lowest BCUT2D eigenvalue weighted by Gasteiger charge is -2.28. The van der Waals surface area contributed by atoms with Crippen molar-refractivity contribution in [2.75, 3.05) is 19.4 Å². The molecule has 0 unspecified atom stereocenters. The van der Waals surface area contributed by atoms with Crippen molar-refractivity contribution in [2.24, 2.45) is 4.40 Å². The number of allylic oxidation sites excluding steroid dienone is 2. The van der Waals surface area contributed by atoms with Crippen molar-refractivity contribution < 1.29 is 17.9 Å². The van der Waals surface area contributed by atoms with Crippen LogP contribution in [0.5, 0.6) is 5.75 Å². The van der Waals surface area contributed by atoms with Gasteiger partial charge in [0, 0.05) is 19.3 Å². The van der Waals surface area contributed by atoms with Gasteiger partial charge in [-0.3, -0.25) is 4.79 Å². The molecular weight excluding hydrogens is 330 g/mol. The van der Waals surface area contributed by atoms with Crippen molar-refractivity contribution in [3.8, 4) is 5.75 Å². The van der Waals surface area contributed by atoms with E-state index >= 15 is 0 Å². The molecule has 1 aromatic carbocycles. The number of carbonyl (C=O) groups is 1. The number of amidine groups is 1. The van der Waals surface area contributed by atoms with Crippen molar-refractivity contribution in [1.82, 2.24) is 10.2 Å². The number of hydrogen-bond donors (Lipinski definition) is 1. The molecule has 7 nitrogen and oxygen atoms in total. The molecule has 2 aliphatic heterocycles. The molecule has 1 N–H and O–H groups in total. The molecule has 0 atom stereocenters. The lowest BCUT2D eigenvalue weighted by atomic mass is 10.1. The van der Waals surface area contributed by atoms with E-state index in [1.165, 1.54) is 0 Å². The maximum Gasteiger partial charge on any atom is 0.256 e. The van der Waals surface area contributed by atoms with Gasteiger partial charge >= 0.3 is 0 Å². The van der Waals surface area contributed by atoms with Crippen LogP contribution in [0.25, 0.3) is 0 Å². The second kappa shape index (κ2) is 6.48. The monoisotopic (exact) mass is 347 g/mol. The van der Waals surface area contributed by atoms with E-state index in [1.54, 1.807) is 30.4 Å². The van der Waals surface area contributed by atoms with Gasteiger partial charge in [0.2, 0.25) is 0 Å². The quantitative estimate of drug-likeness (QED) is 0.871. The molecule has 2 aliphatic rings. The first-order chi connectivity index (χ1) is 11.5. The zero-order valence-electron chi connectivity index (χ0n) is 13.1. The number of rotatable bonds is 4. The third kappa shape index (κ3) is 3.48. The first-order valence-electron chi connectivity index (χ1n) is 7.38. The highest BCUT2D eigenvalue weighted by molar-refractivity contribution is 7.90. The number of nitrogens with zero attached hydrogens (tertiary/aromatic N) is 2. The van der Waals surface area contributed by atoms with E-state index in [4.69, 9.17) is 4.74 Å². The fraction of sp³-hybridized carbons (Fsp3) is 0.250. The number of amides is 1. The third-order valence-electron chi connectivity index (χ3n) is 3.71. The molecule has 2 heterocycles. The first kappa shape index (κ1) is 16.3. The summed E-state index contributed by atoms with van der Waals surface area (Å²) in [5.74, 6) is 0.497. The van der Waals surface area contributed by atoms with Gasteiger partial charge in [0.1, 0.15) is 5.75 Å². The summed E-state index contributed by atoms with van der Waals surface area (Å²) in [4.78, 5) is 14.1. The molecule has 1 aromatic rings. The van der Waals surface area contributed by atoms with Crippen molar-refractivity contribution in [1.29, 1.82) is 0 Å². The Balaban J connectivity index is 1.73. The number of fused-ring (bicyclic) bond motifs is 1. The zero-order chi connectivity index (χ0) is 17.2. The number of carbonyl (C=O) groups excluding carboxylic acids is 1. The fourth-order valence-electron chi connectivity index (χ4n) is 2.41. The van der Waals surface area contributed by atoms with Gasteiger partial charge in [-0.25, -0.2) is 8.42 Å². The zero-order valence-corrected chi connectivity index (χ0v) is 13.9. The number of nitrogens with one attached hydrogen (secondary N) is 1. The average Bonchev–Trinajstić information content (AvgIpc) is 2.59. The summed E-state index contributed by atoms with van der Waals surface area (Å²) in [7, 11) is -1.93. The first-order valence-corrected chi connectivity index (χ1v) is 8.99. The molecule has 0 radical (unpaired) electrons. The SMILES string of the molecule is COc1ccc(CNC(=O)C2=CC=CN3CCS(=O)(=O)N=C23)cc1. The number of benzene rings is 1. The van der Waals surface area contributed by atoms with Crippen LogP contribution in [0.15, 0.2) is 52.6 Å². The van der Waals surface area contributed by atoms with Gasteiger partial charge in [0.05, 0.1) is 18.4 Å². The molecule has 0 spiro atoms. The Morgan fingerprint density at radius 1 is 1.33 bits per heavy atom. The van der Waals surface area contributed by atoms with E-state index in [0.29, 0.717) is 13.1 Å². The molecule has 3 rings (SSSR count). The van der Waals surface area contributed by atoms with Crippen LogP contribution < -0.4 is 10.1 Å². The molecule has 0 aliphatic carbocycles. The van der Waals surface area contributed by atoms with Crippen LogP contribution in [0.1, 0.15) is 5.56 Å². The van der Waals surface area contributed by atoms with E-state index in [2.05, 4.69) is 9.71 Å². The largest absolute Gasteiger partial charge is 0.497 e. The minimum Gasteiger partial charge on any atom is -0.497 e. The number of sulfonamides is 1. The number of ether oxygens (including phenoxy) is 1. The normalized spacial score (nSPS) is 18.3. The van der Waals surface area contributed by atoms with Gasteiger partial charge in [0.15, 0.2) is 5.84 Å². The molecule has 0 fully saturated rings. The van der Waals surface area contributed by atoms with Gasteiger partial charge in [0.25, 0.3) is 15.9 Å². The lowest BCUT2D eigenvalue weighted by molar-refractivity contribution is -0.117. The van der Waals surface area contributed by atoms with E-state index < -0.39 is 10.0 Å². The van der Waals surface area contributed by atoms with Crippen LogP contribution in [0.3, 0.4) is 0 Å². The Bertz CT molecular complexity index is 839. The number of hydrogen-bond acceptors (Lipinski definition) is 5. The molecule has 0 aromatic heterocycles. The topological polar surface area (TPSA) is 88.1 Å². The van der Waals surface area contributed by atoms with Crippen LogP contribution in [-0.2, 0) is 21.4 Å². The van der Waals surface area contributed by atoms with Gasteiger partial charge in [-0.05, 0) is 29.8 Å². The van der Waals surface area contributed by atoms with Crippen LogP contribution in [0.2, 0.25) is 0 Å². The summed E-state index contributed by atoms with van der Waals surface area (Å²) in [6.07, 6.45) is 4.99. The van der Waals surface area contributed by atoms with Gasteiger partial charge in [-0.15, -0.1) is 4.40 Å². The summed E-state index contributed by atoms with van der Waals surface area (Å²) in [5.41, 5.74) is 1.15. The van der Waals surface area contributed by atoms with E-state index in [9.17, 15) is 13.2 Å². The summed E-state index contributed by atoms with van der Waals surface area (Å²) in [6.45, 7) is 0.616. The summed E-state index contributed by atoms with van der Waals surface area (Å²) >= 11 is 0. The Hall–Kier alpha value is -2.61. The van der Waals surface area contributed by atoms with Crippen molar-refractivity contribution >= 4 is 21.8 Å². The molecule has 24 heavy (non-hydrogen) atoms. The predicted molar refractivity (Wildman–Crippen MR) is 90.0 cm³/mol. The Kier molecular flexibility index (Phi) is 4.39. The molecular formula is C16H17N3O4S. The molecule has 0 bridgehead atoms. The lowest BCUT2D eigenvalue weighted by Crippen LogP contribution is -2.42. The second-order valence-electron chi connectivity index (χ2n) is 5.35. The van der Waals surface area contributed by atoms with Crippen LogP contribution in [0, 0.1) is 0 Å². The summed E-state index contributed by atoms with van der Waals surface area (Å²) < 4.78 is 32.2. The van der Waals surface area contributed by atoms with Crippen molar-refractivity contribution in [2.45, 2.75) is 6.54 Å². The van der Waals surface area contributed by atoms with Gasteiger partial charge in [-0.1, -0.05) is 12.1 Å². The fourth-order valence-corrected chi connectivity index (χ4v) is 3.40. The van der Waals surface area contributed by atoms with Crippen molar-refractivity contribution in [3.63, 3.8) is 0 Å². The second-order valence-corrected chi connectivity index (χ2v) is 7.10. The molecule has 1 amide bonds. The van der Waals surface area contributed by atoms with Crippen LogP contribution in [0.4, 0.5) is 0 Å². The molecule has 0 saturated carbocycles. The standard InChI is InChI=1S/C16H17N3O4S/c1-23-13-6-4-12(5-7-13)11-17-16(20)14-3-2-8-19-9-10-24(21,22)18-15(14)19/h2-8H,9-11H2,1H3,(H,17,20). The summed E-state index contributed by atoms with van der Waals surface area (Å²) in [5, 5.41) is 2.78. The Morgan fingerprint density at radius 3 is 2.79 bits per heavy atom. The maximum absolute atomic E-state index is 12.4. The van der Waals surface area contributed by atoms with Crippen molar-refractivity contribution in [3.05, 3.63) is 53.8 Å². The highest BCUT2D eigenvalue weighted by Crippen LogP contribution is 2.18. The molecule has 126 valence electrons. The number of methoxy groups -OCH3 is 1. The van der Waals surface area contributed by atoms with E-state index in [-0.39, 0.29) is 23.1 Å². The van der Waals surface area contributed by atoms with Crippen LogP contribution >= 0.6 is 0 Å². The molecule has 8 heteroatoms. The summed E-state index contributed by atoms with van der Waals surface area (Å²) in [6, 6.07) is 7.32. The van der Waals surface area contributed by atoms with Crippen LogP contribution in [-0.4, -0.2) is 44.5 Å². The van der Waals surface area contributed by atoms with Gasteiger partial charge < -0.3 is 15.0 Å². The maximum atomic E-state index is 12.4. The third-order valence-corrected chi connectivity index (χ3v) is 4.86. The Morgan fingerprint density at radius 2 is 2.08 bits per heavy atom. The minimum absolute atomic E-state index is 0.0540. The van der Waals surface area contributed by atoms with Gasteiger partial charge in [-0.2, -0.15) is 0 Å². The Labute approximate surface area is 140 Å². The predicted octanol–water partition coefficient (Wildman–Crippen LogP) is 0.809. The van der Waals surface area contributed by atoms with E-state index in [1.807, 2.05) is 24.3 Å². The molecule has 0 saturated heterocycles. The highest BCUT2D eigenvalue weighted by Gasteiger charge is 2.29. The average molecular weight is 347 g/mol. The smallest absolute Gasteiger partial charge is 0.256 e.